The smallest absolute Gasteiger partial charge is 0.239 e. The lowest BCUT2D eigenvalue weighted by Crippen LogP contribution is -2.19. The van der Waals surface area contributed by atoms with Crippen LogP contribution in [0.3, 0.4) is 0 Å². The second-order valence-electron chi connectivity index (χ2n) is 3.15. The first-order chi connectivity index (χ1) is 5.65. The maximum absolute atomic E-state index is 12.0. The third-order valence-corrected chi connectivity index (χ3v) is 2.37. The van der Waals surface area contributed by atoms with E-state index in [0.717, 1.165) is 0 Å². The van der Waals surface area contributed by atoms with Crippen LogP contribution in [-0.2, 0) is 4.79 Å². The first kappa shape index (κ1) is 9.42. The summed E-state index contributed by atoms with van der Waals surface area (Å²) in [6, 6.07) is 0. The van der Waals surface area contributed by atoms with Crippen molar-refractivity contribution in [2.45, 2.75) is 26.2 Å². The molecule has 1 aliphatic rings. The van der Waals surface area contributed by atoms with Gasteiger partial charge in [-0.1, -0.05) is 6.92 Å². The molecule has 0 aliphatic carbocycles. The lowest BCUT2D eigenvalue weighted by Gasteiger charge is -2.13. The van der Waals surface area contributed by atoms with Crippen molar-refractivity contribution < 1.29 is 13.6 Å². The van der Waals surface area contributed by atoms with Gasteiger partial charge in [-0.15, -0.1) is 0 Å². The zero-order valence-electron chi connectivity index (χ0n) is 7.02. The first-order valence-corrected chi connectivity index (χ1v) is 4.21. The quantitative estimate of drug-likeness (QED) is 0.693. The molecule has 0 aromatic heterocycles. The molecule has 1 amide bonds. The number of alkyl halides is 2. The van der Waals surface area contributed by atoms with Gasteiger partial charge in [0.1, 0.15) is 0 Å². The Bertz CT molecular complexity index is 172. The Balaban J connectivity index is 2.48. The van der Waals surface area contributed by atoms with Gasteiger partial charge in [-0.05, 0) is 12.3 Å². The summed E-state index contributed by atoms with van der Waals surface area (Å²) >= 11 is 0. The Morgan fingerprint density at radius 1 is 1.67 bits per heavy atom. The van der Waals surface area contributed by atoms with Gasteiger partial charge in [0, 0.05) is 18.9 Å². The second kappa shape index (κ2) is 3.83. The molecule has 1 N–H and O–H groups in total. The van der Waals surface area contributed by atoms with E-state index in [1.165, 1.54) is 0 Å². The van der Waals surface area contributed by atoms with Crippen LogP contribution < -0.4 is 5.32 Å². The van der Waals surface area contributed by atoms with Crippen LogP contribution in [0.4, 0.5) is 8.78 Å². The van der Waals surface area contributed by atoms with Crippen LogP contribution in [0.25, 0.3) is 0 Å². The molecule has 0 radical (unpaired) electrons. The summed E-state index contributed by atoms with van der Waals surface area (Å²) in [5, 5.41) is 2.60. The average molecular weight is 177 g/mol. The van der Waals surface area contributed by atoms with Gasteiger partial charge in [0.25, 0.3) is 0 Å². The highest BCUT2D eigenvalue weighted by molar-refractivity contribution is 5.81. The fourth-order valence-corrected chi connectivity index (χ4v) is 1.71. The zero-order valence-corrected chi connectivity index (χ0v) is 7.02. The number of carbonyl (C=O) groups is 1. The van der Waals surface area contributed by atoms with Crippen LogP contribution in [0.2, 0.25) is 0 Å². The summed E-state index contributed by atoms with van der Waals surface area (Å²) in [4.78, 5) is 11.0. The molecular weight excluding hydrogens is 164 g/mol. The van der Waals surface area contributed by atoms with Gasteiger partial charge in [-0.25, -0.2) is 8.78 Å². The molecule has 1 rings (SSSR count). The normalized spacial score (nSPS) is 29.5. The third-order valence-electron chi connectivity index (χ3n) is 2.37. The van der Waals surface area contributed by atoms with Crippen LogP contribution >= 0.6 is 0 Å². The van der Waals surface area contributed by atoms with Crippen LogP contribution in [0.15, 0.2) is 0 Å². The molecule has 0 bridgehead atoms. The highest BCUT2D eigenvalue weighted by Gasteiger charge is 2.34. The average Bonchev–Trinajstić information content (AvgIpc) is 2.30. The fraction of sp³-hybridized carbons (Fsp3) is 0.875. The van der Waals surface area contributed by atoms with E-state index >= 15 is 0 Å². The number of nitrogens with one attached hydrogen (secondary N) is 1. The number of amides is 1. The topological polar surface area (TPSA) is 29.1 Å². The molecule has 0 spiro atoms. The van der Waals surface area contributed by atoms with E-state index in [0.29, 0.717) is 13.0 Å². The van der Waals surface area contributed by atoms with E-state index in [9.17, 15) is 13.6 Å². The summed E-state index contributed by atoms with van der Waals surface area (Å²) in [6.07, 6.45) is -1.79. The van der Waals surface area contributed by atoms with Gasteiger partial charge in [-0.2, -0.15) is 0 Å². The number of rotatable bonds is 3. The number of carbonyl (C=O) groups excluding carboxylic acids is 1. The molecule has 4 heteroatoms. The Morgan fingerprint density at radius 3 is 2.83 bits per heavy atom. The zero-order chi connectivity index (χ0) is 9.14. The summed E-state index contributed by atoms with van der Waals surface area (Å²) in [5.41, 5.74) is 0. The molecule has 0 saturated carbocycles. The van der Waals surface area contributed by atoms with Crippen molar-refractivity contribution in [3.05, 3.63) is 0 Å². The minimum absolute atomic E-state index is 0.0665. The standard InChI is InChI=1S/C8H13F2NO/c1-2-6-5(3-7(9)10)4-11-8(6)12/h5-7H,2-4H2,1H3,(H,11,12). The fourth-order valence-electron chi connectivity index (χ4n) is 1.71. The molecule has 1 heterocycles. The molecule has 2 atom stereocenters. The Kier molecular flexibility index (Phi) is 3.00. The molecule has 70 valence electrons. The number of hydrogen-bond acceptors (Lipinski definition) is 1. The molecule has 1 saturated heterocycles. The van der Waals surface area contributed by atoms with Crippen molar-refractivity contribution in [3.63, 3.8) is 0 Å². The van der Waals surface area contributed by atoms with Gasteiger partial charge in [0.2, 0.25) is 12.3 Å². The van der Waals surface area contributed by atoms with Crippen LogP contribution in [0.1, 0.15) is 19.8 Å². The number of halogens is 2. The van der Waals surface area contributed by atoms with Crippen LogP contribution in [0.5, 0.6) is 0 Å². The third kappa shape index (κ3) is 1.93. The minimum Gasteiger partial charge on any atom is -0.356 e. The molecule has 1 fully saturated rings. The summed E-state index contributed by atoms with van der Waals surface area (Å²) in [7, 11) is 0. The van der Waals surface area contributed by atoms with E-state index < -0.39 is 6.43 Å². The predicted octanol–water partition coefficient (Wildman–Crippen LogP) is 1.41. The highest BCUT2D eigenvalue weighted by Crippen LogP contribution is 2.26. The van der Waals surface area contributed by atoms with E-state index in [1.807, 2.05) is 6.92 Å². The van der Waals surface area contributed by atoms with E-state index in [2.05, 4.69) is 5.32 Å². The maximum atomic E-state index is 12.0. The van der Waals surface area contributed by atoms with Gasteiger partial charge < -0.3 is 5.32 Å². The van der Waals surface area contributed by atoms with Gasteiger partial charge in [-0.3, -0.25) is 4.79 Å². The van der Waals surface area contributed by atoms with Crippen molar-refractivity contribution in [3.8, 4) is 0 Å². The van der Waals surface area contributed by atoms with E-state index in [-0.39, 0.29) is 24.2 Å². The summed E-state index contributed by atoms with van der Waals surface area (Å²) < 4.78 is 24.0. The van der Waals surface area contributed by atoms with Crippen molar-refractivity contribution in [1.82, 2.24) is 5.32 Å². The molecular formula is C8H13F2NO. The predicted molar refractivity (Wildman–Crippen MR) is 40.9 cm³/mol. The van der Waals surface area contributed by atoms with Crippen molar-refractivity contribution >= 4 is 5.91 Å². The van der Waals surface area contributed by atoms with E-state index in [1.54, 1.807) is 0 Å². The highest BCUT2D eigenvalue weighted by atomic mass is 19.3. The molecule has 0 aromatic rings. The molecule has 0 aromatic carbocycles. The van der Waals surface area contributed by atoms with Crippen molar-refractivity contribution in [2.24, 2.45) is 11.8 Å². The largest absolute Gasteiger partial charge is 0.356 e. The van der Waals surface area contributed by atoms with Gasteiger partial charge in [0.15, 0.2) is 0 Å². The van der Waals surface area contributed by atoms with Crippen LogP contribution in [0, 0.1) is 11.8 Å². The monoisotopic (exact) mass is 177 g/mol. The second-order valence-corrected chi connectivity index (χ2v) is 3.15. The van der Waals surface area contributed by atoms with Gasteiger partial charge >= 0.3 is 0 Å². The molecule has 2 unspecified atom stereocenters. The van der Waals surface area contributed by atoms with Gasteiger partial charge in [0.05, 0.1) is 0 Å². The SMILES string of the molecule is CCC1C(=O)NCC1CC(F)F. The van der Waals surface area contributed by atoms with Crippen LogP contribution in [-0.4, -0.2) is 18.9 Å². The summed E-state index contributed by atoms with van der Waals surface area (Å²) in [5.74, 6) is -0.426. The maximum Gasteiger partial charge on any atom is 0.239 e. The lowest BCUT2D eigenvalue weighted by atomic mass is 9.90. The number of hydrogen-bond donors (Lipinski definition) is 1. The molecule has 1 aliphatic heterocycles. The Morgan fingerprint density at radius 2 is 2.33 bits per heavy atom. The lowest BCUT2D eigenvalue weighted by molar-refractivity contribution is -0.123. The Labute approximate surface area is 70.3 Å². The molecule has 2 nitrogen and oxygen atoms in total. The van der Waals surface area contributed by atoms with E-state index in [4.69, 9.17) is 0 Å². The van der Waals surface area contributed by atoms with Crippen molar-refractivity contribution in [1.29, 1.82) is 0 Å². The molecule has 12 heavy (non-hydrogen) atoms. The van der Waals surface area contributed by atoms with Crippen molar-refractivity contribution in [2.75, 3.05) is 6.54 Å². The minimum atomic E-state index is -2.29. The summed E-state index contributed by atoms with van der Waals surface area (Å²) in [6.45, 7) is 2.27. The Hall–Kier alpha value is -0.670. The first-order valence-electron chi connectivity index (χ1n) is 4.21.